The summed E-state index contributed by atoms with van der Waals surface area (Å²) in [6, 6.07) is 14.7. The lowest BCUT2D eigenvalue weighted by atomic mass is 10.1. The van der Waals surface area contributed by atoms with Crippen molar-refractivity contribution < 1.29 is 14.3 Å². The van der Waals surface area contributed by atoms with Crippen LogP contribution in [0.4, 0.5) is 5.69 Å². The van der Waals surface area contributed by atoms with Crippen molar-refractivity contribution in [2.75, 3.05) is 18.4 Å². The molecule has 5 heteroatoms. The Morgan fingerprint density at radius 2 is 1.66 bits per heavy atom. The molecule has 0 aliphatic heterocycles. The maximum absolute atomic E-state index is 12.7. The van der Waals surface area contributed by atoms with Gasteiger partial charge in [0.2, 0.25) is 0 Å². The minimum atomic E-state index is -0.581. The number of ether oxygens (including phenoxy) is 1. The molecule has 0 aliphatic carbocycles. The Labute approximate surface area is 174 Å². The first-order valence-corrected chi connectivity index (χ1v) is 10.4. The Kier molecular flexibility index (Phi) is 8.71. The van der Waals surface area contributed by atoms with Gasteiger partial charge in [-0.2, -0.15) is 0 Å². The van der Waals surface area contributed by atoms with E-state index in [0.29, 0.717) is 23.4 Å². The molecule has 1 atom stereocenters. The van der Waals surface area contributed by atoms with Crippen molar-refractivity contribution in [2.24, 2.45) is 0 Å². The lowest BCUT2D eigenvalue weighted by Crippen LogP contribution is -2.33. The highest BCUT2D eigenvalue weighted by atomic mass is 16.5. The van der Waals surface area contributed by atoms with Crippen molar-refractivity contribution in [3.8, 4) is 5.75 Å². The first-order valence-electron chi connectivity index (χ1n) is 10.4. The van der Waals surface area contributed by atoms with Crippen molar-refractivity contribution in [3.05, 3.63) is 59.7 Å². The van der Waals surface area contributed by atoms with Crippen LogP contribution in [-0.2, 0) is 4.79 Å². The van der Waals surface area contributed by atoms with Crippen molar-refractivity contribution in [1.29, 1.82) is 0 Å². The van der Waals surface area contributed by atoms with Gasteiger partial charge in [-0.05, 0) is 68.1 Å². The zero-order valence-electron chi connectivity index (χ0n) is 17.9. The van der Waals surface area contributed by atoms with Crippen molar-refractivity contribution in [1.82, 2.24) is 4.90 Å². The molecular weight excluding hydrogens is 364 g/mol. The second kappa shape index (κ2) is 11.2. The number of amides is 2. The van der Waals surface area contributed by atoms with Gasteiger partial charge in [0, 0.05) is 24.3 Å². The van der Waals surface area contributed by atoms with E-state index in [1.807, 2.05) is 43.0 Å². The van der Waals surface area contributed by atoms with Gasteiger partial charge in [-0.15, -0.1) is 0 Å². The van der Waals surface area contributed by atoms with E-state index in [0.717, 1.165) is 31.5 Å². The van der Waals surface area contributed by atoms with E-state index in [2.05, 4.69) is 19.2 Å². The molecule has 0 aromatic heterocycles. The molecule has 2 rings (SSSR count). The number of hydrogen-bond acceptors (Lipinski definition) is 3. The van der Waals surface area contributed by atoms with Crippen LogP contribution in [0.2, 0.25) is 0 Å². The van der Waals surface area contributed by atoms with Gasteiger partial charge < -0.3 is 15.0 Å². The van der Waals surface area contributed by atoms with Crippen LogP contribution >= 0.6 is 0 Å². The van der Waals surface area contributed by atoms with Gasteiger partial charge in [0.1, 0.15) is 5.75 Å². The molecule has 2 aromatic carbocycles. The molecule has 29 heavy (non-hydrogen) atoms. The summed E-state index contributed by atoms with van der Waals surface area (Å²) in [5, 5.41) is 2.88. The van der Waals surface area contributed by atoms with E-state index in [-0.39, 0.29) is 11.8 Å². The van der Waals surface area contributed by atoms with Crippen LogP contribution in [0.1, 0.15) is 56.0 Å². The normalized spacial score (nSPS) is 11.6. The third-order valence-corrected chi connectivity index (χ3v) is 4.60. The topological polar surface area (TPSA) is 58.6 Å². The van der Waals surface area contributed by atoms with Gasteiger partial charge in [0.15, 0.2) is 6.10 Å². The van der Waals surface area contributed by atoms with Crippen LogP contribution in [0.5, 0.6) is 5.75 Å². The Bertz CT molecular complexity index is 796. The van der Waals surface area contributed by atoms with Gasteiger partial charge in [0.05, 0.1) is 0 Å². The summed E-state index contributed by atoms with van der Waals surface area (Å²) in [6.07, 6.45) is 1.83. The summed E-state index contributed by atoms with van der Waals surface area (Å²) in [5.41, 5.74) is 2.36. The highest BCUT2D eigenvalue weighted by Crippen LogP contribution is 2.17. The second-order valence-electron chi connectivity index (χ2n) is 7.19. The smallest absolute Gasteiger partial charge is 0.265 e. The fraction of sp³-hybridized carbons (Fsp3) is 0.417. The maximum Gasteiger partial charge on any atom is 0.265 e. The largest absolute Gasteiger partial charge is 0.481 e. The number of aryl methyl sites for hydroxylation is 1. The predicted octanol–water partition coefficient (Wildman–Crippen LogP) is 5.05. The Morgan fingerprint density at radius 3 is 2.21 bits per heavy atom. The van der Waals surface area contributed by atoms with Crippen molar-refractivity contribution in [2.45, 2.75) is 53.1 Å². The standard InChI is InChI=1S/C24H32N2O3/c1-5-15-26(16-6-2)24(28)19-11-13-20(14-12-19)25-23(27)22(7-3)29-21-10-8-9-18(4)17-21/h8-14,17,22H,5-7,15-16H2,1-4H3,(H,25,27). The number of carbonyl (C=O) groups is 2. The number of rotatable bonds is 10. The summed E-state index contributed by atoms with van der Waals surface area (Å²) in [7, 11) is 0. The molecule has 5 nitrogen and oxygen atoms in total. The molecule has 0 spiro atoms. The molecule has 0 heterocycles. The molecule has 2 amide bonds. The van der Waals surface area contributed by atoms with E-state index < -0.39 is 6.10 Å². The Morgan fingerprint density at radius 1 is 1.00 bits per heavy atom. The van der Waals surface area contributed by atoms with E-state index in [4.69, 9.17) is 4.74 Å². The van der Waals surface area contributed by atoms with Gasteiger partial charge in [-0.25, -0.2) is 0 Å². The van der Waals surface area contributed by atoms with E-state index >= 15 is 0 Å². The molecular formula is C24H32N2O3. The average molecular weight is 397 g/mol. The van der Waals surface area contributed by atoms with E-state index in [9.17, 15) is 9.59 Å². The zero-order valence-corrected chi connectivity index (χ0v) is 17.9. The molecule has 0 aliphatic rings. The van der Waals surface area contributed by atoms with E-state index in [1.165, 1.54) is 0 Å². The summed E-state index contributed by atoms with van der Waals surface area (Å²) in [5.74, 6) is 0.507. The average Bonchev–Trinajstić information content (AvgIpc) is 2.72. The number of hydrogen-bond donors (Lipinski definition) is 1. The quantitative estimate of drug-likeness (QED) is 0.611. The number of anilines is 1. The van der Waals surface area contributed by atoms with Gasteiger partial charge in [-0.1, -0.05) is 32.9 Å². The number of nitrogens with zero attached hydrogens (tertiary/aromatic N) is 1. The van der Waals surface area contributed by atoms with Crippen LogP contribution in [0, 0.1) is 6.92 Å². The summed E-state index contributed by atoms with van der Waals surface area (Å²) >= 11 is 0. The first-order chi connectivity index (χ1) is 14.0. The lowest BCUT2D eigenvalue weighted by molar-refractivity contribution is -0.122. The second-order valence-corrected chi connectivity index (χ2v) is 7.19. The van der Waals surface area contributed by atoms with Gasteiger partial charge in [0.25, 0.3) is 11.8 Å². The Balaban J connectivity index is 2.01. The van der Waals surface area contributed by atoms with Crippen LogP contribution in [0.3, 0.4) is 0 Å². The fourth-order valence-corrected chi connectivity index (χ4v) is 3.13. The molecule has 0 fully saturated rings. The molecule has 1 N–H and O–H groups in total. The third kappa shape index (κ3) is 6.63. The van der Waals surface area contributed by atoms with Crippen LogP contribution in [-0.4, -0.2) is 35.9 Å². The monoisotopic (exact) mass is 396 g/mol. The fourth-order valence-electron chi connectivity index (χ4n) is 3.13. The Hall–Kier alpha value is -2.82. The predicted molar refractivity (Wildman–Crippen MR) is 117 cm³/mol. The third-order valence-electron chi connectivity index (χ3n) is 4.60. The summed E-state index contributed by atoms with van der Waals surface area (Å²) in [6.45, 7) is 9.53. The molecule has 2 aromatic rings. The SMILES string of the molecule is CCCN(CCC)C(=O)c1ccc(NC(=O)C(CC)Oc2cccc(C)c2)cc1. The minimum Gasteiger partial charge on any atom is -0.481 e. The number of carbonyl (C=O) groups excluding carboxylic acids is 2. The van der Waals surface area contributed by atoms with Gasteiger partial charge >= 0.3 is 0 Å². The molecule has 0 bridgehead atoms. The summed E-state index contributed by atoms with van der Waals surface area (Å²) in [4.78, 5) is 27.2. The molecule has 0 radical (unpaired) electrons. The molecule has 0 saturated heterocycles. The van der Waals surface area contributed by atoms with Crippen molar-refractivity contribution >= 4 is 17.5 Å². The maximum atomic E-state index is 12.7. The van der Waals surface area contributed by atoms with Crippen LogP contribution in [0.25, 0.3) is 0 Å². The first kappa shape index (κ1) is 22.5. The van der Waals surface area contributed by atoms with Crippen LogP contribution in [0.15, 0.2) is 48.5 Å². The molecule has 0 saturated carbocycles. The van der Waals surface area contributed by atoms with Gasteiger partial charge in [-0.3, -0.25) is 9.59 Å². The number of benzene rings is 2. The zero-order chi connectivity index (χ0) is 21.2. The minimum absolute atomic E-state index is 0.0285. The molecule has 156 valence electrons. The van der Waals surface area contributed by atoms with Crippen LogP contribution < -0.4 is 10.1 Å². The highest BCUT2D eigenvalue weighted by molar-refractivity contribution is 5.97. The van der Waals surface area contributed by atoms with E-state index in [1.54, 1.807) is 24.3 Å². The molecule has 1 unspecified atom stereocenters. The summed E-state index contributed by atoms with van der Waals surface area (Å²) < 4.78 is 5.85. The number of nitrogens with one attached hydrogen (secondary N) is 1. The van der Waals surface area contributed by atoms with Crippen molar-refractivity contribution in [3.63, 3.8) is 0 Å². The lowest BCUT2D eigenvalue weighted by Gasteiger charge is -2.21. The highest BCUT2D eigenvalue weighted by Gasteiger charge is 2.19.